The third-order valence-electron chi connectivity index (χ3n) is 6.01. The molecule has 0 amide bonds. The average molecular weight is 481 g/mol. The van der Waals surface area contributed by atoms with E-state index in [2.05, 4.69) is 33.8 Å². The van der Waals surface area contributed by atoms with Gasteiger partial charge >= 0.3 is 0 Å². The zero-order chi connectivity index (χ0) is 24.8. The lowest BCUT2D eigenvalue weighted by atomic mass is 10.2. The summed E-state index contributed by atoms with van der Waals surface area (Å²) in [7, 11) is 3.73. The number of nitrogens with one attached hydrogen (secondary N) is 1. The lowest BCUT2D eigenvalue weighted by Gasteiger charge is -2.17. The minimum Gasteiger partial charge on any atom is -0.493 e. The van der Waals surface area contributed by atoms with Gasteiger partial charge in [0.15, 0.2) is 23.1 Å². The van der Waals surface area contributed by atoms with E-state index in [-0.39, 0.29) is 11.6 Å². The molecule has 0 saturated carbocycles. The van der Waals surface area contributed by atoms with Crippen LogP contribution in [-0.2, 0) is 0 Å². The van der Waals surface area contributed by atoms with Gasteiger partial charge in [-0.15, -0.1) is 0 Å². The molecule has 1 N–H and O–H groups in total. The summed E-state index contributed by atoms with van der Waals surface area (Å²) in [5.41, 5.74) is 2.22. The Bertz CT molecular complexity index is 1290. The molecule has 0 unspecified atom stereocenters. The number of nitrogens with zero attached hydrogens (tertiary/aromatic N) is 3. The molecule has 35 heavy (non-hydrogen) atoms. The molecule has 4 aromatic rings. The number of methoxy groups -OCH3 is 1. The summed E-state index contributed by atoms with van der Waals surface area (Å²) < 4.78 is 32.5. The molecule has 2 aromatic carbocycles. The second kappa shape index (κ2) is 11.4. The smallest absolute Gasteiger partial charge is 0.230 e. The van der Waals surface area contributed by atoms with Crippen LogP contribution in [0.2, 0.25) is 0 Å². The third kappa shape index (κ3) is 5.82. The van der Waals surface area contributed by atoms with E-state index in [0.29, 0.717) is 34.4 Å². The van der Waals surface area contributed by atoms with Crippen LogP contribution in [0.5, 0.6) is 23.1 Å². The van der Waals surface area contributed by atoms with Crippen LogP contribution in [0.25, 0.3) is 21.8 Å². The summed E-state index contributed by atoms with van der Waals surface area (Å²) in [6.45, 7) is 6.73. The van der Waals surface area contributed by atoms with Crippen LogP contribution in [0.4, 0.5) is 4.39 Å². The van der Waals surface area contributed by atoms with Crippen molar-refractivity contribution in [3.63, 3.8) is 0 Å². The van der Waals surface area contributed by atoms with Crippen molar-refractivity contribution in [1.82, 2.24) is 19.9 Å². The topological polar surface area (TPSA) is 72.5 Å². The Balaban J connectivity index is 1.49. The Morgan fingerprint density at radius 2 is 1.80 bits per heavy atom. The number of unbranched alkanes of at least 4 members (excludes halogenated alkanes) is 2. The maximum atomic E-state index is 15.1. The summed E-state index contributed by atoms with van der Waals surface area (Å²) >= 11 is 0. The predicted octanol–water partition coefficient (Wildman–Crippen LogP) is 6.25. The average Bonchev–Trinajstić information content (AvgIpc) is 3.24. The highest BCUT2D eigenvalue weighted by Crippen LogP contribution is 2.37. The molecule has 4 rings (SSSR count). The molecule has 8 heteroatoms. The monoisotopic (exact) mass is 480 g/mol. The molecule has 0 bridgehead atoms. The van der Waals surface area contributed by atoms with E-state index in [1.807, 2.05) is 13.0 Å². The summed E-state index contributed by atoms with van der Waals surface area (Å²) in [6.07, 6.45) is 6.01. The van der Waals surface area contributed by atoms with E-state index >= 15 is 4.39 Å². The molecule has 2 heterocycles. The number of halogens is 1. The van der Waals surface area contributed by atoms with Crippen molar-refractivity contribution < 1.29 is 18.6 Å². The molecular formula is C27H33FN4O3. The highest BCUT2D eigenvalue weighted by atomic mass is 19.1. The second-order valence-electron chi connectivity index (χ2n) is 8.80. The molecule has 0 fully saturated rings. The van der Waals surface area contributed by atoms with Crippen LogP contribution in [0.15, 0.2) is 36.7 Å². The van der Waals surface area contributed by atoms with E-state index in [1.54, 1.807) is 31.4 Å². The number of aromatic nitrogens is 3. The minimum atomic E-state index is -0.440. The van der Waals surface area contributed by atoms with E-state index in [0.717, 1.165) is 30.7 Å². The first-order valence-corrected chi connectivity index (χ1v) is 12.1. The van der Waals surface area contributed by atoms with E-state index in [9.17, 15) is 0 Å². The van der Waals surface area contributed by atoms with Crippen molar-refractivity contribution in [2.45, 2.75) is 39.5 Å². The number of H-pyrrole nitrogens is 1. The summed E-state index contributed by atoms with van der Waals surface area (Å²) in [5, 5.41) is 1.08. The lowest BCUT2D eigenvalue weighted by Crippen LogP contribution is -2.22. The van der Waals surface area contributed by atoms with Gasteiger partial charge in [0.25, 0.3) is 0 Å². The zero-order valence-corrected chi connectivity index (χ0v) is 20.9. The molecule has 0 atom stereocenters. The van der Waals surface area contributed by atoms with Crippen LogP contribution in [0, 0.1) is 12.7 Å². The SMILES string of the molecule is CCCCCN(C)CCCOc1cc2ncnc(Oc3ccc4[nH]c(C)cc4c3F)c2cc1OC. The molecule has 0 aliphatic heterocycles. The Labute approximate surface area is 205 Å². The number of fused-ring (bicyclic) bond motifs is 2. The van der Waals surface area contributed by atoms with Gasteiger partial charge < -0.3 is 24.1 Å². The fourth-order valence-electron chi connectivity index (χ4n) is 4.13. The maximum Gasteiger partial charge on any atom is 0.230 e. The highest BCUT2D eigenvalue weighted by molar-refractivity contribution is 5.87. The van der Waals surface area contributed by atoms with Gasteiger partial charge in [0.1, 0.15) is 6.33 Å². The number of benzene rings is 2. The van der Waals surface area contributed by atoms with Gasteiger partial charge in [-0.05, 0) is 57.6 Å². The maximum absolute atomic E-state index is 15.1. The quantitative estimate of drug-likeness (QED) is 0.242. The molecule has 186 valence electrons. The van der Waals surface area contributed by atoms with Crippen LogP contribution in [0.3, 0.4) is 0 Å². The Kier molecular flexibility index (Phi) is 8.02. The fraction of sp³-hybridized carbons (Fsp3) is 0.407. The van der Waals surface area contributed by atoms with Crippen LogP contribution >= 0.6 is 0 Å². The van der Waals surface area contributed by atoms with Crippen molar-refractivity contribution in [1.29, 1.82) is 0 Å². The summed E-state index contributed by atoms with van der Waals surface area (Å²) in [6, 6.07) is 8.72. The van der Waals surface area contributed by atoms with E-state index < -0.39 is 5.82 Å². The van der Waals surface area contributed by atoms with Crippen molar-refractivity contribution in [3.8, 4) is 23.1 Å². The van der Waals surface area contributed by atoms with E-state index in [4.69, 9.17) is 14.2 Å². The standard InChI is InChI=1S/C27H33FN4O3/c1-5-6-7-11-32(3)12-8-13-34-25-16-22-20(15-24(25)33-4)27(30-17-29-22)35-23-10-9-21-19(26(23)28)14-18(2)31-21/h9-10,14-17,31H,5-8,11-13H2,1-4H3. The minimum absolute atomic E-state index is 0.0962. The predicted molar refractivity (Wildman–Crippen MR) is 136 cm³/mol. The lowest BCUT2D eigenvalue weighted by molar-refractivity contribution is 0.252. The number of hydrogen-bond donors (Lipinski definition) is 1. The number of aryl methyl sites for hydroxylation is 1. The van der Waals surface area contributed by atoms with Gasteiger partial charge in [-0.25, -0.2) is 14.4 Å². The van der Waals surface area contributed by atoms with Gasteiger partial charge in [0.05, 0.1) is 24.6 Å². The second-order valence-corrected chi connectivity index (χ2v) is 8.80. The van der Waals surface area contributed by atoms with Crippen LogP contribution < -0.4 is 14.2 Å². The van der Waals surface area contributed by atoms with Crippen molar-refractivity contribution >= 4 is 21.8 Å². The van der Waals surface area contributed by atoms with Gasteiger partial charge in [0.2, 0.25) is 5.88 Å². The molecule has 0 saturated heterocycles. The fourth-order valence-corrected chi connectivity index (χ4v) is 4.13. The highest BCUT2D eigenvalue weighted by Gasteiger charge is 2.16. The molecule has 2 aromatic heterocycles. The van der Waals surface area contributed by atoms with Gasteiger partial charge in [-0.2, -0.15) is 0 Å². The molecule has 0 spiro atoms. The third-order valence-corrected chi connectivity index (χ3v) is 6.01. The van der Waals surface area contributed by atoms with Crippen molar-refractivity contribution in [3.05, 3.63) is 48.2 Å². The van der Waals surface area contributed by atoms with Gasteiger partial charge in [-0.3, -0.25) is 0 Å². The molecule has 0 radical (unpaired) electrons. The molecule has 0 aliphatic carbocycles. The Hall–Kier alpha value is -3.39. The first kappa shape index (κ1) is 24.7. The number of ether oxygens (including phenoxy) is 3. The number of rotatable bonds is 12. The van der Waals surface area contributed by atoms with Crippen molar-refractivity contribution in [2.24, 2.45) is 0 Å². The molecule has 0 aliphatic rings. The largest absolute Gasteiger partial charge is 0.493 e. The number of hydrogen-bond acceptors (Lipinski definition) is 6. The van der Waals surface area contributed by atoms with Crippen LogP contribution in [-0.4, -0.2) is 53.7 Å². The summed E-state index contributed by atoms with van der Waals surface area (Å²) in [5.74, 6) is 1.06. The first-order chi connectivity index (χ1) is 17.0. The zero-order valence-electron chi connectivity index (χ0n) is 20.9. The van der Waals surface area contributed by atoms with Gasteiger partial charge in [-0.1, -0.05) is 19.8 Å². The van der Waals surface area contributed by atoms with Crippen molar-refractivity contribution in [2.75, 3.05) is 33.9 Å². The van der Waals surface area contributed by atoms with E-state index in [1.165, 1.54) is 25.6 Å². The normalized spacial score (nSPS) is 11.5. The number of aromatic amines is 1. The van der Waals surface area contributed by atoms with Gasteiger partial charge in [0, 0.05) is 29.2 Å². The summed E-state index contributed by atoms with van der Waals surface area (Å²) in [4.78, 5) is 14.1. The van der Waals surface area contributed by atoms with Crippen LogP contribution in [0.1, 0.15) is 38.3 Å². The molecule has 7 nitrogen and oxygen atoms in total. The Morgan fingerprint density at radius 1 is 0.971 bits per heavy atom. The Morgan fingerprint density at radius 3 is 2.60 bits per heavy atom. The molecular weight excluding hydrogens is 447 g/mol. The first-order valence-electron chi connectivity index (χ1n) is 12.1.